The summed E-state index contributed by atoms with van der Waals surface area (Å²) >= 11 is 13.2. The molecule has 26 heavy (non-hydrogen) atoms. The number of amides is 1. The highest BCUT2D eigenvalue weighted by Crippen LogP contribution is 2.34. The van der Waals surface area contributed by atoms with E-state index in [9.17, 15) is 9.59 Å². The molecule has 1 amide bonds. The summed E-state index contributed by atoms with van der Waals surface area (Å²) in [6, 6.07) is 8.63. The number of hydrogen-bond donors (Lipinski definition) is 2. The van der Waals surface area contributed by atoms with Crippen molar-refractivity contribution in [3.8, 4) is 11.3 Å². The van der Waals surface area contributed by atoms with Crippen LogP contribution in [-0.2, 0) is 9.59 Å². The van der Waals surface area contributed by atoms with Crippen molar-refractivity contribution < 1.29 is 19.1 Å². The van der Waals surface area contributed by atoms with Crippen LogP contribution in [0.4, 0.5) is 0 Å². The van der Waals surface area contributed by atoms with Gasteiger partial charge in [-0.1, -0.05) is 41.0 Å². The van der Waals surface area contributed by atoms with Crippen LogP contribution in [0.25, 0.3) is 11.3 Å². The van der Waals surface area contributed by atoms with Crippen molar-refractivity contribution in [2.45, 2.75) is 11.7 Å². The van der Waals surface area contributed by atoms with E-state index in [1.807, 2.05) is 0 Å². The first-order valence-corrected chi connectivity index (χ1v) is 8.92. The van der Waals surface area contributed by atoms with Gasteiger partial charge in [0.2, 0.25) is 5.91 Å². The minimum Gasteiger partial charge on any atom is -0.481 e. The zero-order valence-electron chi connectivity index (χ0n) is 13.0. The summed E-state index contributed by atoms with van der Waals surface area (Å²) in [6.45, 7) is 0. The predicted molar refractivity (Wildman–Crippen MR) is 101 cm³/mol. The number of furan rings is 1. The number of amidine groups is 1. The fourth-order valence-corrected chi connectivity index (χ4v) is 3.45. The van der Waals surface area contributed by atoms with Gasteiger partial charge < -0.3 is 14.8 Å². The molecule has 1 aliphatic rings. The Hall–Kier alpha value is -2.29. The molecule has 0 saturated carbocycles. The molecule has 2 N–H and O–H groups in total. The van der Waals surface area contributed by atoms with E-state index in [4.69, 9.17) is 32.7 Å². The first-order valence-electron chi connectivity index (χ1n) is 7.28. The third-order valence-corrected chi connectivity index (χ3v) is 5.20. The van der Waals surface area contributed by atoms with Crippen LogP contribution >= 0.6 is 35.0 Å². The normalized spacial score (nSPS) is 18.6. The summed E-state index contributed by atoms with van der Waals surface area (Å²) < 4.78 is 5.63. The van der Waals surface area contributed by atoms with Crippen molar-refractivity contribution in [2.75, 3.05) is 0 Å². The molecule has 1 atom stereocenters. The highest BCUT2D eigenvalue weighted by molar-refractivity contribution is 8.15. The van der Waals surface area contributed by atoms with E-state index in [0.29, 0.717) is 27.1 Å². The third kappa shape index (κ3) is 4.27. The van der Waals surface area contributed by atoms with Crippen LogP contribution in [0.3, 0.4) is 0 Å². The lowest BCUT2D eigenvalue weighted by Crippen LogP contribution is -2.26. The summed E-state index contributed by atoms with van der Waals surface area (Å²) in [4.78, 5) is 22.3. The van der Waals surface area contributed by atoms with Gasteiger partial charge >= 0.3 is 5.97 Å². The number of carbonyl (C=O) groups excluding carboxylic acids is 1. The Balaban J connectivity index is 1.69. The molecule has 1 fully saturated rings. The molecule has 134 valence electrons. The first-order chi connectivity index (χ1) is 12.4. The van der Waals surface area contributed by atoms with Gasteiger partial charge in [0.05, 0.1) is 22.7 Å². The van der Waals surface area contributed by atoms with Crippen LogP contribution in [0, 0.1) is 0 Å². The second-order valence-corrected chi connectivity index (χ2v) is 7.12. The summed E-state index contributed by atoms with van der Waals surface area (Å²) in [7, 11) is 0. The first kappa shape index (κ1) is 18.5. The lowest BCUT2D eigenvalue weighted by Gasteiger charge is -2.01. The van der Waals surface area contributed by atoms with Crippen LogP contribution in [-0.4, -0.2) is 33.6 Å². The van der Waals surface area contributed by atoms with Gasteiger partial charge in [0.25, 0.3) is 0 Å². The van der Waals surface area contributed by atoms with Gasteiger partial charge in [0.15, 0.2) is 5.17 Å². The lowest BCUT2D eigenvalue weighted by molar-refractivity contribution is -0.138. The molecular weight excluding hydrogens is 401 g/mol. The molecule has 1 unspecified atom stereocenters. The van der Waals surface area contributed by atoms with E-state index >= 15 is 0 Å². The number of carbonyl (C=O) groups is 2. The number of rotatable bonds is 5. The number of aliphatic carboxylic acids is 1. The third-order valence-electron chi connectivity index (χ3n) is 3.31. The highest BCUT2D eigenvalue weighted by atomic mass is 35.5. The molecule has 1 aliphatic heterocycles. The topological polar surface area (TPSA) is 104 Å². The van der Waals surface area contributed by atoms with Gasteiger partial charge in [-0.15, -0.1) is 5.10 Å². The van der Waals surface area contributed by atoms with Crippen LogP contribution in [0.1, 0.15) is 12.2 Å². The standard InChI is InChI=1S/C16H11Cl2N3O4S/c17-10-3-1-2-9(14(10)18)11-5-4-8(25-11)7-19-21-16-20-15(24)12(26-16)6-13(22)23/h1-5,7,12H,6H2,(H,22,23)(H,20,21,24). The Morgan fingerprint density at radius 2 is 2.15 bits per heavy atom. The molecule has 1 aromatic carbocycles. The van der Waals surface area contributed by atoms with E-state index < -0.39 is 17.1 Å². The molecule has 0 radical (unpaired) electrons. The maximum Gasteiger partial charge on any atom is 0.305 e. The molecule has 3 rings (SSSR count). The minimum atomic E-state index is -1.05. The van der Waals surface area contributed by atoms with Crippen molar-refractivity contribution in [3.63, 3.8) is 0 Å². The summed E-state index contributed by atoms with van der Waals surface area (Å²) in [5.41, 5.74) is 0.653. The fourth-order valence-electron chi connectivity index (χ4n) is 2.14. The molecule has 2 aromatic rings. The number of carboxylic acid groups (broad SMARTS) is 1. The number of thioether (sulfide) groups is 1. The van der Waals surface area contributed by atoms with Gasteiger partial charge in [-0.25, -0.2) is 0 Å². The van der Waals surface area contributed by atoms with Crippen molar-refractivity contribution in [1.29, 1.82) is 0 Å². The van der Waals surface area contributed by atoms with Crippen LogP contribution in [0.5, 0.6) is 0 Å². The average Bonchev–Trinajstić information content (AvgIpc) is 3.17. The SMILES string of the molecule is O=C(O)CC1SC(=NN=Cc2ccc(-c3cccc(Cl)c3Cl)o2)NC1=O. The Kier molecular flexibility index (Phi) is 5.65. The molecule has 0 aliphatic carbocycles. The van der Waals surface area contributed by atoms with Crippen molar-refractivity contribution >= 4 is 58.2 Å². The maximum absolute atomic E-state index is 11.6. The summed E-state index contributed by atoms with van der Waals surface area (Å²) in [5, 5.41) is 19.3. The zero-order chi connectivity index (χ0) is 18.7. The second kappa shape index (κ2) is 7.94. The van der Waals surface area contributed by atoms with E-state index in [1.165, 1.54) is 6.21 Å². The van der Waals surface area contributed by atoms with E-state index in [0.717, 1.165) is 11.8 Å². The average molecular weight is 412 g/mol. The Bertz CT molecular complexity index is 926. The predicted octanol–water partition coefficient (Wildman–Crippen LogP) is 3.65. The number of benzene rings is 1. The largest absolute Gasteiger partial charge is 0.481 e. The summed E-state index contributed by atoms with van der Waals surface area (Å²) in [5.74, 6) is -0.499. The Morgan fingerprint density at radius 1 is 1.35 bits per heavy atom. The van der Waals surface area contributed by atoms with E-state index in [-0.39, 0.29) is 11.6 Å². The molecular formula is C16H11Cl2N3O4S. The van der Waals surface area contributed by atoms with E-state index in [2.05, 4.69) is 15.5 Å². The van der Waals surface area contributed by atoms with Gasteiger partial charge in [-0.2, -0.15) is 5.10 Å². The van der Waals surface area contributed by atoms with Crippen molar-refractivity contribution in [1.82, 2.24) is 5.32 Å². The van der Waals surface area contributed by atoms with Crippen LogP contribution < -0.4 is 5.32 Å². The smallest absolute Gasteiger partial charge is 0.305 e. The monoisotopic (exact) mass is 411 g/mol. The number of halogens is 2. The quantitative estimate of drug-likeness (QED) is 0.576. The van der Waals surface area contributed by atoms with Gasteiger partial charge in [0.1, 0.15) is 16.8 Å². The van der Waals surface area contributed by atoms with E-state index in [1.54, 1.807) is 30.3 Å². The van der Waals surface area contributed by atoms with Gasteiger partial charge in [-0.3, -0.25) is 9.59 Å². The minimum absolute atomic E-state index is 0.238. The molecule has 1 aromatic heterocycles. The maximum atomic E-state index is 11.6. The van der Waals surface area contributed by atoms with Gasteiger partial charge in [0, 0.05) is 5.56 Å². The highest BCUT2D eigenvalue weighted by Gasteiger charge is 2.32. The lowest BCUT2D eigenvalue weighted by atomic mass is 10.2. The van der Waals surface area contributed by atoms with Crippen molar-refractivity contribution in [3.05, 3.63) is 46.1 Å². The number of carboxylic acids is 1. The van der Waals surface area contributed by atoms with Crippen LogP contribution in [0.2, 0.25) is 10.0 Å². The second-order valence-electron chi connectivity index (χ2n) is 5.15. The number of hydrogen-bond acceptors (Lipinski definition) is 6. The number of nitrogens with zero attached hydrogens (tertiary/aromatic N) is 2. The Labute approximate surface area is 162 Å². The molecule has 0 bridgehead atoms. The van der Waals surface area contributed by atoms with Crippen LogP contribution in [0.15, 0.2) is 45.0 Å². The van der Waals surface area contributed by atoms with Crippen molar-refractivity contribution in [2.24, 2.45) is 10.2 Å². The molecule has 10 heteroatoms. The Morgan fingerprint density at radius 3 is 2.92 bits per heavy atom. The molecule has 2 heterocycles. The molecule has 0 spiro atoms. The van der Waals surface area contributed by atoms with Gasteiger partial charge in [-0.05, 0) is 24.3 Å². The number of nitrogens with one attached hydrogen (secondary N) is 1. The molecule has 1 saturated heterocycles. The molecule has 7 nitrogen and oxygen atoms in total. The fraction of sp³-hybridized carbons (Fsp3) is 0.125. The zero-order valence-corrected chi connectivity index (χ0v) is 15.3. The summed E-state index contributed by atoms with van der Waals surface area (Å²) in [6.07, 6.45) is 1.09.